The van der Waals surface area contributed by atoms with Crippen molar-refractivity contribution in [2.24, 2.45) is 11.8 Å². The van der Waals surface area contributed by atoms with Gasteiger partial charge in [0.1, 0.15) is 0 Å². The van der Waals surface area contributed by atoms with Crippen LogP contribution in [0.3, 0.4) is 0 Å². The predicted molar refractivity (Wildman–Crippen MR) is 83.9 cm³/mol. The molecule has 1 aliphatic carbocycles. The molecule has 2 rings (SSSR count). The summed E-state index contributed by atoms with van der Waals surface area (Å²) in [7, 11) is 0. The van der Waals surface area contributed by atoms with Crippen molar-refractivity contribution in [3.05, 3.63) is 28.8 Å². The third-order valence-electron chi connectivity index (χ3n) is 4.21. The van der Waals surface area contributed by atoms with Gasteiger partial charge >= 0.3 is 0 Å². The number of nitrogens with two attached hydrogens (primary N) is 1. The quantitative estimate of drug-likeness (QED) is 0.828. The van der Waals surface area contributed by atoms with Crippen LogP contribution in [0.15, 0.2) is 18.2 Å². The molecule has 0 heterocycles. The first-order valence-electron chi connectivity index (χ1n) is 7.39. The Kier molecular flexibility index (Phi) is 5.30. The van der Waals surface area contributed by atoms with Crippen LogP contribution < -0.4 is 11.1 Å². The van der Waals surface area contributed by atoms with Gasteiger partial charge in [0, 0.05) is 12.2 Å². The fraction of sp³-hybridized carbons (Fsp3) is 0.562. The Bertz CT molecular complexity index is 468. The zero-order chi connectivity index (χ0) is 14.5. The molecule has 0 unspecified atom stereocenters. The van der Waals surface area contributed by atoms with Crippen LogP contribution >= 0.6 is 11.6 Å². The lowest BCUT2D eigenvalue weighted by molar-refractivity contribution is 0.0950. The molecule has 1 saturated carbocycles. The van der Waals surface area contributed by atoms with E-state index >= 15 is 0 Å². The molecule has 3 nitrogen and oxygen atoms in total. The largest absolute Gasteiger partial charge is 0.399 e. The Morgan fingerprint density at radius 1 is 1.35 bits per heavy atom. The number of benzene rings is 1. The molecule has 0 spiro atoms. The highest BCUT2D eigenvalue weighted by Gasteiger charge is 2.18. The molecule has 1 aromatic carbocycles. The molecule has 1 aromatic rings. The maximum atomic E-state index is 12.1. The average molecular weight is 295 g/mol. The van der Waals surface area contributed by atoms with Crippen molar-refractivity contribution in [2.45, 2.75) is 39.0 Å². The number of rotatable bonds is 4. The lowest BCUT2D eigenvalue weighted by Crippen LogP contribution is -2.27. The number of carbonyl (C=O) groups is 1. The number of nitrogens with one attached hydrogen (secondary N) is 1. The summed E-state index contributed by atoms with van der Waals surface area (Å²) in [6.07, 6.45) is 6.27. The van der Waals surface area contributed by atoms with Crippen LogP contribution in [0.4, 0.5) is 5.69 Å². The monoisotopic (exact) mass is 294 g/mol. The second kappa shape index (κ2) is 6.98. The van der Waals surface area contributed by atoms with Gasteiger partial charge < -0.3 is 11.1 Å². The first kappa shape index (κ1) is 15.2. The number of halogens is 1. The van der Waals surface area contributed by atoms with E-state index in [1.165, 1.54) is 25.7 Å². The van der Waals surface area contributed by atoms with Gasteiger partial charge in [-0.3, -0.25) is 4.79 Å². The fourth-order valence-corrected chi connectivity index (χ4v) is 3.02. The molecule has 1 fully saturated rings. The summed E-state index contributed by atoms with van der Waals surface area (Å²) in [5.41, 5.74) is 6.70. The van der Waals surface area contributed by atoms with Crippen LogP contribution in [0.2, 0.25) is 5.02 Å². The molecule has 1 amide bonds. The second-order valence-corrected chi connectivity index (χ2v) is 6.32. The number of anilines is 1. The van der Waals surface area contributed by atoms with Crippen molar-refractivity contribution < 1.29 is 4.79 Å². The van der Waals surface area contributed by atoms with Gasteiger partial charge in [-0.1, -0.05) is 44.2 Å². The van der Waals surface area contributed by atoms with Gasteiger partial charge in [0.2, 0.25) is 0 Å². The van der Waals surface area contributed by atoms with Gasteiger partial charge in [0.25, 0.3) is 5.91 Å². The topological polar surface area (TPSA) is 55.1 Å². The molecule has 0 bridgehead atoms. The summed E-state index contributed by atoms with van der Waals surface area (Å²) in [5, 5.41) is 3.39. The number of hydrogen-bond donors (Lipinski definition) is 2. The van der Waals surface area contributed by atoms with Gasteiger partial charge in [0.05, 0.1) is 10.6 Å². The van der Waals surface area contributed by atoms with E-state index in [4.69, 9.17) is 17.3 Å². The first-order chi connectivity index (χ1) is 9.56. The molecule has 0 saturated heterocycles. The Balaban J connectivity index is 1.79. The van der Waals surface area contributed by atoms with Crippen molar-refractivity contribution in [3.8, 4) is 0 Å². The zero-order valence-corrected chi connectivity index (χ0v) is 12.7. The van der Waals surface area contributed by atoms with Crippen LogP contribution in [0, 0.1) is 11.8 Å². The second-order valence-electron chi connectivity index (χ2n) is 5.91. The highest BCUT2D eigenvalue weighted by Crippen LogP contribution is 2.30. The Hall–Kier alpha value is -1.22. The maximum absolute atomic E-state index is 12.1. The lowest BCUT2D eigenvalue weighted by atomic mass is 9.81. The molecule has 4 heteroatoms. The molecule has 0 radical (unpaired) electrons. The lowest BCUT2D eigenvalue weighted by Gasteiger charge is -2.26. The van der Waals surface area contributed by atoms with E-state index in [1.807, 2.05) is 0 Å². The van der Waals surface area contributed by atoms with Crippen molar-refractivity contribution in [1.29, 1.82) is 0 Å². The van der Waals surface area contributed by atoms with Gasteiger partial charge in [-0.2, -0.15) is 0 Å². The minimum Gasteiger partial charge on any atom is -0.399 e. The Labute approximate surface area is 125 Å². The molecular formula is C16H23ClN2O. The molecule has 110 valence electrons. The van der Waals surface area contributed by atoms with Crippen LogP contribution in [-0.2, 0) is 0 Å². The molecule has 3 N–H and O–H groups in total. The van der Waals surface area contributed by atoms with E-state index in [9.17, 15) is 4.79 Å². The number of carbonyl (C=O) groups excluding carboxylic acids is 1. The molecule has 0 atom stereocenters. The molecule has 1 aliphatic rings. The van der Waals surface area contributed by atoms with Gasteiger partial charge in [-0.05, 0) is 36.5 Å². The minimum absolute atomic E-state index is 0.133. The molecule has 20 heavy (non-hydrogen) atoms. The average Bonchev–Trinajstić information content (AvgIpc) is 2.43. The smallest absolute Gasteiger partial charge is 0.252 e. The highest BCUT2D eigenvalue weighted by atomic mass is 35.5. The van der Waals surface area contributed by atoms with E-state index in [0.717, 1.165) is 18.3 Å². The normalized spacial score (nSPS) is 22.5. The number of nitrogen functional groups attached to an aromatic ring is 1. The Morgan fingerprint density at radius 3 is 2.75 bits per heavy atom. The third-order valence-corrected chi connectivity index (χ3v) is 4.54. The van der Waals surface area contributed by atoms with Gasteiger partial charge in [0.15, 0.2) is 0 Å². The predicted octanol–water partition coefficient (Wildman–Crippen LogP) is 3.87. The third kappa shape index (κ3) is 4.14. The van der Waals surface area contributed by atoms with Crippen LogP contribution in [0.25, 0.3) is 0 Å². The maximum Gasteiger partial charge on any atom is 0.252 e. The van der Waals surface area contributed by atoms with Crippen molar-refractivity contribution in [1.82, 2.24) is 5.32 Å². The van der Waals surface area contributed by atoms with Crippen molar-refractivity contribution in [3.63, 3.8) is 0 Å². The SMILES string of the molecule is CC1CCC(CCNC(=O)c2cc(N)ccc2Cl)CC1. The standard InChI is InChI=1S/C16H23ClN2O/c1-11-2-4-12(5-3-11)8-9-19-16(20)14-10-13(18)6-7-15(14)17/h6-7,10-12H,2-5,8-9,18H2,1H3,(H,19,20). The van der Waals surface area contributed by atoms with Crippen molar-refractivity contribution >= 4 is 23.2 Å². The van der Waals surface area contributed by atoms with E-state index in [0.29, 0.717) is 22.8 Å². The van der Waals surface area contributed by atoms with E-state index in [2.05, 4.69) is 12.2 Å². The van der Waals surface area contributed by atoms with E-state index < -0.39 is 0 Å². The highest BCUT2D eigenvalue weighted by molar-refractivity contribution is 6.34. The zero-order valence-electron chi connectivity index (χ0n) is 12.0. The minimum atomic E-state index is -0.133. The molecule has 0 aliphatic heterocycles. The summed E-state index contributed by atoms with van der Waals surface area (Å²) < 4.78 is 0. The van der Waals surface area contributed by atoms with Crippen LogP contribution in [-0.4, -0.2) is 12.5 Å². The summed E-state index contributed by atoms with van der Waals surface area (Å²) in [5.74, 6) is 1.49. The van der Waals surface area contributed by atoms with Crippen LogP contribution in [0.5, 0.6) is 0 Å². The number of amides is 1. The summed E-state index contributed by atoms with van der Waals surface area (Å²) in [6.45, 7) is 3.03. The van der Waals surface area contributed by atoms with Gasteiger partial charge in [-0.25, -0.2) is 0 Å². The Morgan fingerprint density at radius 2 is 2.05 bits per heavy atom. The summed E-state index contributed by atoms with van der Waals surface area (Å²) in [4.78, 5) is 12.1. The summed E-state index contributed by atoms with van der Waals surface area (Å²) >= 11 is 6.02. The van der Waals surface area contributed by atoms with E-state index in [-0.39, 0.29) is 5.91 Å². The fourth-order valence-electron chi connectivity index (χ4n) is 2.82. The van der Waals surface area contributed by atoms with Crippen LogP contribution in [0.1, 0.15) is 49.4 Å². The van der Waals surface area contributed by atoms with Crippen molar-refractivity contribution in [2.75, 3.05) is 12.3 Å². The summed E-state index contributed by atoms with van der Waals surface area (Å²) in [6, 6.07) is 4.98. The molecular weight excluding hydrogens is 272 g/mol. The molecule has 0 aromatic heterocycles. The van der Waals surface area contributed by atoms with Gasteiger partial charge in [-0.15, -0.1) is 0 Å². The first-order valence-corrected chi connectivity index (χ1v) is 7.77. The van der Waals surface area contributed by atoms with E-state index in [1.54, 1.807) is 18.2 Å². The number of hydrogen-bond acceptors (Lipinski definition) is 2.